The van der Waals surface area contributed by atoms with E-state index >= 15 is 0 Å². The molecule has 6 nitrogen and oxygen atoms in total. The number of para-hydroxylation sites is 1. The number of H-pyrrole nitrogens is 1. The first-order valence-corrected chi connectivity index (χ1v) is 10.4. The first kappa shape index (κ1) is 18.6. The van der Waals surface area contributed by atoms with Crippen LogP contribution < -0.4 is 11.1 Å². The number of fused-ring (bicyclic) bond motifs is 3. The fourth-order valence-electron chi connectivity index (χ4n) is 3.55. The topological polar surface area (TPSA) is 80.6 Å². The molecule has 0 radical (unpaired) electrons. The van der Waals surface area contributed by atoms with Gasteiger partial charge in [-0.2, -0.15) is 0 Å². The van der Waals surface area contributed by atoms with E-state index in [4.69, 9.17) is 4.98 Å². The number of rotatable bonds is 3. The van der Waals surface area contributed by atoms with Crippen molar-refractivity contribution in [3.05, 3.63) is 87.2 Å². The molecule has 0 saturated carbocycles. The van der Waals surface area contributed by atoms with Crippen molar-refractivity contribution < 1.29 is 0 Å². The maximum atomic E-state index is 13.0. The lowest BCUT2D eigenvalue weighted by atomic mass is 10.1. The lowest BCUT2D eigenvalue weighted by molar-refractivity contribution is 0.722. The van der Waals surface area contributed by atoms with Gasteiger partial charge in [-0.1, -0.05) is 48.2 Å². The minimum absolute atomic E-state index is 0.0968. The Bertz CT molecular complexity index is 1550. The fourth-order valence-corrected chi connectivity index (χ4v) is 4.49. The summed E-state index contributed by atoms with van der Waals surface area (Å²) in [6, 6.07) is 19.0. The number of benzene rings is 3. The Morgan fingerprint density at radius 2 is 1.60 bits per heavy atom. The van der Waals surface area contributed by atoms with E-state index in [0.717, 1.165) is 10.8 Å². The van der Waals surface area contributed by atoms with Gasteiger partial charge in [-0.3, -0.25) is 14.2 Å². The van der Waals surface area contributed by atoms with Crippen molar-refractivity contribution in [1.82, 2.24) is 19.5 Å². The Kier molecular flexibility index (Phi) is 4.40. The highest BCUT2D eigenvalue weighted by atomic mass is 32.2. The van der Waals surface area contributed by atoms with E-state index in [0.29, 0.717) is 32.8 Å². The van der Waals surface area contributed by atoms with Crippen LogP contribution in [0.1, 0.15) is 18.0 Å². The Labute approximate surface area is 175 Å². The van der Waals surface area contributed by atoms with Gasteiger partial charge in [0.25, 0.3) is 11.1 Å². The highest BCUT2D eigenvalue weighted by Crippen LogP contribution is 2.32. The molecule has 0 amide bonds. The molecule has 7 heteroatoms. The monoisotopic (exact) mass is 414 g/mol. The lowest BCUT2D eigenvalue weighted by Crippen LogP contribution is -2.20. The van der Waals surface area contributed by atoms with Gasteiger partial charge in [-0.05, 0) is 42.0 Å². The number of nitrogens with one attached hydrogen (secondary N) is 1. The number of hydrogen-bond acceptors (Lipinski definition) is 5. The fraction of sp³-hybridized carbons (Fsp3) is 0.130. The average molecular weight is 414 g/mol. The molecule has 0 saturated heterocycles. The smallest absolute Gasteiger partial charge is 0.261 e. The third-order valence-corrected chi connectivity index (χ3v) is 6.35. The molecule has 2 aromatic heterocycles. The summed E-state index contributed by atoms with van der Waals surface area (Å²) in [5.41, 5.74) is 1.04. The molecule has 30 heavy (non-hydrogen) atoms. The first-order valence-electron chi connectivity index (χ1n) is 9.56. The van der Waals surface area contributed by atoms with Gasteiger partial charge in [0.1, 0.15) is 5.82 Å². The number of thioether (sulfide) groups is 1. The molecule has 0 unspecified atom stereocenters. The molecule has 1 N–H and O–H groups in total. The molecule has 5 aromatic rings. The van der Waals surface area contributed by atoms with Gasteiger partial charge >= 0.3 is 0 Å². The zero-order valence-electron chi connectivity index (χ0n) is 16.4. The van der Waals surface area contributed by atoms with Gasteiger partial charge < -0.3 is 4.98 Å². The summed E-state index contributed by atoms with van der Waals surface area (Å²) in [6.07, 6.45) is 0. The third kappa shape index (κ3) is 3.07. The maximum Gasteiger partial charge on any atom is 0.261 e. The van der Waals surface area contributed by atoms with Gasteiger partial charge in [-0.25, -0.2) is 9.97 Å². The first-order chi connectivity index (χ1) is 14.5. The molecular formula is C23H18N4O2S. The minimum atomic E-state index is -0.196. The maximum absolute atomic E-state index is 13.0. The van der Waals surface area contributed by atoms with Crippen LogP contribution in [0.15, 0.2) is 75.4 Å². The quantitative estimate of drug-likeness (QED) is 0.272. The Hall–Kier alpha value is -3.45. The summed E-state index contributed by atoms with van der Waals surface area (Å²) < 4.78 is 1.55. The molecule has 5 rings (SSSR count). The second-order valence-electron chi connectivity index (χ2n) is 7.20. The van der Waals surface area contributed by atoms with E-state index in [9.17, 15) is 9.59 Å². The molecule has 0 fully saturated rings. The van der Waals surface area contributed by atoms with E-state index in [1.807, 2.05) is 61.5 Å². The van der Waals surface area contributed by atoms with Crippen LogP contribution >= 0.6 is 11.8 Å². The van der Waals surface area contributed by atoms with Gasteiger partial charge in [0, 0.05) is 7.05 Å². The molecule has 0 aliphatic rings. The third-order valence-electron chi connectivity index (χ3n) is 5.20. The van der Waals surface area contributed by atoms with Crippen molar-refractivity contribution in [1.29, 1.82) is 0 Å². The van der Waals surface area contributed by atoms with E-state index < -0.39 is 0 Å². The van der Waals surface area contributed by atoms with Crippen LogP contribution in [-0.2, 0) is 7.05 Å². The van der Waals surface area contributed by atoms with E-state index in [1.54, 1.807) is 17.7 Å². The lowest BCUT2D eigenvalue weighted by Gasteiger charge is -2.14. The van der Waals surface area contributed by atoms with Crippen molar-refractivity contribution in [2.75, 3.05) is 0 Å². The summed E-state index contributed by atoms with van der Waals surface area (Å²) in [5.74, 6) is 0.552. The zero-order valence-corrected chi connectivity index (χ0v) is 17.2. The molecule has 0 aliphatic carbocycles. The standard InChI is InChI=1S/C23H18N4O2S/c1-13(20-24-18-10-6-5-9-16(18)21(28)26-20)30-23-25-19-12-15-8-4-3-7-14(15)11-17(19)22(29)27(23)2/h3-13H,1-2H3,(H,24,26,28)/t13-/m0/s1. The van der Waals surface area contributed by atoms with E-state index in [-0.39, 0.29) is 16.4 Å². The van der Waals surface area contributed by atoms with Crippen molar-refractivity contribution in [3.63, 3.8) is 0 Å². The Morgan fingerprint density at radius 1 is 0.900 bits per heavy atom. The van der Waals surface area contributed by atoms with Crippen LogP contribution in [0.2, 0.25) is 0 Å². The molecule has 0 bridgehead atoms. The van der Waals surface area contributed by atoms with E-state index in [1.165, 1.54) is 11.8 Å². The summed E-state index contributed by atoms with van der Waals surface area (Å²) >= 11 is 1.39. The van der Waals surface area contributed by atoms with Crippen LogP contribution in [0.3, 0.4) is 0 Å². The van der Waals surface area contributed by atoms with Crippen molar-refractivity contribution in [2.45, 2.75) is 17.3 Å². The highest BCUT2D eigenvalue weighted by molar-refractivity contribution is 7.99. The average Bonchev–Trinajstić information content (AvgIpc) is 2.76. The second-order valence-corrected chi connectivity index (χ2v) is 8.51. The van der Waals surface area contributed by atoms with Crippen LogP contribution in [-0.4, -0.2) is 19.5 Å². The normalized spacial score (nSPS) is 12.6. The number of hydrogen-bond donors (Lipinski definition) is 1. The van der Waals surface area contributed by atoms with Crippen LogP contribution in [0.4, 0.5) is 0 Å². The number of aromatic amines is 1. The number of nitrogens with zero attached hydrogens (tertiary/aromatic N) is 3. The summed E-state index contributed by atoms with van der Waals surface area (Å²) in [6.45, 7) is 1.94. The van der Waals surface area contributed by atoms with Gasteiger partial charge in [0.05, 0.1) is 27.1 Å². The largest absolute Gasteiger partial charge is 0.309 e. The van der Waals surface area contributed by atoms with Gasteiger partial charge in [0.2, 0.25) is 0 Å². The van der Waals surface area contributed by atoms with Crippen LogP contribution in [0.5, 0.6) is 0 Å². The summed E-state index contributed by atoms with van der Waals surface area (Å²) in [4.78, 5) is 37.6. The summed E-state index contributed by atoms with van der Waals surface area (Å²) in [7, 11) is 1.72. The van der Waals surface area contributed by atoms with Gasteiger partial charge in [0.15, 0.2) is 5.16 Å². The molecule has 1 atom stereocenters. The molecule has 3 aromatic carbocycles. The second kappa shape index (κ2) is 7.11. The highest BCUT2D eigenvalue weighted by Gasteiger charge is 2.17. The minimum Gasteiger partial charge on any atom is -0.309 e. The van der Waals surface area contributed by atoms with Crippen molar-refractivity contribution >= 4 is 44.3 Å². The van der Waals surface area contributed by atoms with E-state index in [2.05, 4.69) is 9.97 Å². The molecule has 0 aliphatic heterocycles. The molecule has 148 valence electrons. The van der Waals surface area contributed by atoms with Gasteiger partial charge in [-0.15, -0.1) is 0 Å². The SMILES string of the molecule is C[C@H](Sc1nc2cc3ccccc3cc2c(=O)n1C)c1nc2ccccc2c(=O)[nH]1. The Morgan fingerprint density at radius 3 is 2.40 bits per heavy atom. The molecule has 0 spiro atoms. The van der Waals surface area contributed by atoms with Crippen molar-refractivity contribution in [3.8, 4) is 0 Å². The van der Waals surface area contributed by atoms with Crippen LogP contribution in [0.25, 0.3) is 32.6 Å². The van der Waals surface area contributed by atoms with Crippen LogP contribution in [0, 0.1) is 0 Å². The predicted octanol–water partition coefficient (Wildman–Crippen LogP) is 4.18. The Balaban J connectivity index is 1.59. The number of aromatic nitrogens is 4. The predicted molar refractivity (Wildman–Crippen MR) is 121 cm³/mol. The zero-order chi connectivity index (χ0) is 20.8. The summed E-state index contributed by atoms with van der Waals surface area (Å²) in [5, 5.41) is 3.57. The van der Waals surface area contributed by atoms with Crippen molar-refractivity contribution in [2.24, 2.45) is 7.05 Å². The molecule has 2 heterocycles. The molecular weight excluding hydrogens is 396 g/mol.